The minimum Gasteiger partial charge on any atom is -0.376 e. The normalized spacial score (nSPS) is 11.0. The number of thiophene rings is 1. The van der Waals surface area contributed by atoms with E-state index in [9.17, 15) is 4.79 Å². The number of amides is 1. The van der Waals surface area contributed by atoms with Crippen LogP contribution in [0.5, 0.6) is 0 Å². The van der Waals surface area contributed by atoms with Crippen LogP contribution in [0.15, 0.2) is 83.4 Å². The first-order chi connectivity index (χ1) is 14.7. The fourth-order valence-corrected chi connectivity index (χ4v) is 3.60. The van der Waals surface area contributed by atoms with Gasteiger partial charge in [-0.25, -0.2) is 10.1 Å². The molecular weight excluding hydrogens is 394 g/mol. The molecule has 0 spiro atoms. The molecule has 0 bridgehead atoms. The second kappa shape index (κ2) is 9.19. The molecule has 0 aliphatic carbocycles. The minimum absolute atomic E-state index is 0.140. The van der Waals surface area contributed by atoms with Crippen molar-refractivity contribution in [3.05, 3.63) is 89.4 Å². The highest BCUT2D eigenvalue weighted by atomic mass is 32.1. The van der Waals surface area contributed by atoms with Gasteiger partial charge in [0.2, 0.25) is 0 Å². The van der Waals surface area contributed by atoms with Crippen molar-refractivity contribution >= 4 is 29.1 Å². The number of anilines is 1. The number of hydrogen-bond donors (Lipinski definition) is 2. The van der Waals surface area contributed by atoms with Gasteiger partial charge >= 0.3 is 0 Å². The molecule has 0 saturated heterocycles. The van der Waals surface area contributed by atoms with Gasteiger partial charge in [-0.1, -0.05) is 42.0 Å². The predicted octanol–water partition coefficient (Wildman–Crippen LogP) is 4.47. The Morgan fingerprint density at radius 3 is 2.63 bits per heavy atom. The number of carbonyl (C=O) groups excluding carboxylic acids is 1. The highest BCUT2D eigenvalue weighted by molar-refractivity contribution is 7.13. The number of para-hydroxylation sites is 1. The third-order valence-corrected chi connectivity index (χ3v) is 5.29. The molecule has 0 radical (unpaired) electrons. The van der Waals surface area contributed by atoms with Crippen molar-refractivity contribution in [2.24, 2.45) is 5.10 Å². The lowest BCUT2D eigenvalue weighted by atomic mass is 10.2. The fourth-order valence-electron chi connectivity index (χ4n) is 2.87. The molecule has 2 N–H and O–H groups in total. The Hall–Kier alpha value is -3.71. The summed E-state index contributed by atoms with van der Waals surface area (Å²) in [6, 6.07) is 21.8. The molecule has 6 nitrogen and oxygen atoms in total. The molecule has 150 valence electrons. The van der Waals surface area contributed by atoms with Gasteiger partial charge in [-0.15, -0.1) is 11.3 Å². The number of benzene rings is 2. The summed E-state index contributed by atoms with van der Waals surface area (Å²) in [6.45, 7) is 2.16. The first-order valence-corrected chi connectivity index (χ1v) is 10.4. The Morgan fingerprint density at radius 1 is 1.10 bits per heavy atom. The van der Waals surface area contributed by atoms with Crippen molar-refractivity contribution in [1.29, 1.82) is 0 Å². The fraction of sp³-hybridized carbons (Fsp3) is 0.0870. The van der Waals surface area contributed by atoms with Gasteiger partial charge in [0.1, 0.15) is 5.69 Å². The van der Waals surface area contributed by atoms with E-state index in [0.29, 0.717) is 0 Å². The number of hydrogen-bond acceptors (Lipinski definition) is 5. The van der Waals surface area contributed by atoms with Crippen LogP contribution in [0.25, 0.3) is 16.3 Å². The molecular formula is C23H21N5OS. The lowest BCUT2D eigenvalue weighted by molar-refractivity contribution is -0.119. The van der Waals surface area contributed by atoms with Crippen LogP contribution in [0, 0.1) is 6.92 Å². The van der Waals surface area contributed by atoms with Crippen molar-refractivity contribution in [2.45, 2.75) is 6.92 Å². The Kier molecular flexibility index (Phi) is 6.01. The molecule has 0 fully saturated rings. The van der Waals surface area contributed by atoms with E-state index >= 15 is 0 Å². The van der Waals surface area contributed by atoms with Crippen molar-refractivity contribution in [2.75, 3.05) is 11.9 Å². The molecule has 0 unspecified atom stereocenters. The lowest BCUT2D eigenvalue weighted by Crippen LogP contribution is -2.25. The predicted molar refractivity (Wildman–Crippen MR) is 122 cm³/mol. The van der Waals surface area contributed by atoms with Gasteiger partial charge in [0.25, 0.3) is 5.91 Å². The van der Waals surface area contributed by atoms with E-state index in [1.807, 2.05) is 89.9 Å². The SMILES string of the molecule is Cc1ccc(NCC(=O)N/N=C\c2cn(-c3ccccc3)nc2-c2cccs2)cc1. The molecule has 4 rings (SSSR count). The topological polar surface area (TPSA) is 71.3 Å². The van der Waals surface area contributed by atoms with Crippen LogP contribution in [-0.2, 0) is 4.79 Å². The maximum atomic E-state index is 12.1. The zero-order valence-electron chi connectivity index (χ0n) is 16.4. The van der Waals surface area contributed by atoms with Gasteiger partial charge in [-0.2, -0.15) is 10.2 Å². The van der Waals surface area contributed by atoms with Gasteiger partial charge in [-0.05, 0) is 42.6 Å². The van der Waals surface area contributed by atoms with Gasteiger partial charge in [0, 0.05) is 17.4 Å². The average Bonchev–Trinajstić information content (AvgIpc) is 3.44. The summed E-state index contributed by atoms with van der Waals surface area (Å²) in [6.07, 6.45) is 3.54. The molecule has 0 aliphatic heterocycles. The van der Waals surface area contributed by atoms with E-state index in [-0.39, 0.29) is 12.5 Å². The molecule has 0 aliphatic rings. The summed E-state index contributed by atoms with van der Waals surface area (Å²) < 4.78 is 1.82. The van der Waals surface area contributed by atoms with Crippen molar-refractivity contribution in [1.82, 2.24) is 15.2 Å². The van der Waals surface area contributed by atoms with Gasteiger partial charge < -0.3 is 5.32 Å². The van der Waals surface area contributed by atoms with E-state index in [1.54, 1.807) is 17.6 Å². The first kappa shape index (κ1) is 19.6. The molecule has 0 saturated carbocycles. The van der Waals surface area contributed by atoms with Crippen LogP contribution in [-0.4, -0.2) is 28.4 Å². The summed E-state index contributed by atoms with van der Waals surface area (Å²) in [5.41, 5.74) is 7.24. The molecule has 2 aromatic carbocycles. The van der Waals surface area contributed by atoms with E-state index in [4.69, 9.17) is 5.10 Å². The van der Waals surface area contributed by atoms with Crippen molar-refractivity contribution in [3.63, 3.8) is 0 Å². The molecule has 7 heteroatoms. The van der Waals surface area contributed by atoms with Gasteiger partial charge in [0.15, 0.2) is 0 Å². The summed E-state index contributed by atoms with van der Waals surface area (Å²) >= 11 is 1.61. The Balaban J connectivity index is 1.45. The number of rotatable bonds is 7. The van der Waals surface area contributed by atoms with E-state index in [1.165, 1.54) is 5.56 Å². The number of nitrogens with zero attached hydrogens (tertiary/aromatic N) is 3. The highest BCUT2D eigenvalue weighted by Crippen LogP contribution is 2.26. The standard InChI is InChI=1S/C23H21N5OS/c1-17-9-11-19(12-10-17)24-15-22(29)26-25-14-18-16-28(20-6-3-2-4-7-20)27-23(18)21-8-5-13-30-21/h2-14,16,24H,15H2,1H3,(H,26,29)/b25-14-. The Morgan fingerprint density at radius 2 is 1.90 bits per heavy atom. The number of hydrazone groups is 1. The number of carbonyl (C=O) groups is 1. The summed E-state index contributed by atoms with van der Waals surface area (Å²) in [7, 11) is 0. The lowest BCUT2D eigenvalue weighted by Gasteiger charge is -2.05. The first-order valence-electron chi connectivity index (χ1n) is 9.50. The van der Waals surface area contributed by atoms with Gasteiger partial charge in [0.05, 0.1) is 23.3 Å². The van der Waals surface area contributed by atoms with E-state index in [0.717, 1.165) is 27.5 Å². The average molecular weight is 416 g/mol. The molecule has 4 aromatic rings. The van der Waals surface area contributed by atoms with Crippen LogP contribution in [0.3, 0.4) is 0 Å². The highest BCUT2D eigenvalue weighted by Gasteiger charge is 2.12. The quantitative estimate of drug-likeness (QED) is 0.346. The number of aryl methyl sites for hydroxylation is 1. The van der Waals surface area contributed by atoms with Crippen LogP contribution >= 0.6 is 11.3 Å². The maximum Gasteiger partial charge on any atom is 0.259 e. The van der Waals surface area contributed by atoms with Crippen LogP contribution in [0.1, 0.15) is 11.1 Å². The molecule has 2 heterocycles. The summed E-state index contributed by atoms with van der Waals surface area (Å²) in [5, 5.41) is 13.9. The third-order valence-electron chi connectivity index (χ3n) is 4.42. The smallest absolute Gasteiger partial charge is 0.259 e. The van der Waals surface area contributed by atoms with E-state index in [2.05, 4.69) is 15.8 Å². The molecule has 0 atom stereocenters. The number of nitrogens with one attached hydrogen (secondary N) is 2. The second-order valence-electron chi connectivity index (χ2n) is 6.70. The Labute approximate surface area is 178 Å². The van der Waals surface area contributed by atoms with Gasteiger partial charge in [-0.3, -0.25) is 4.79 Å². The molecule has 1 amide bonds. The molecule has 2 aromatic heterocycles. The monoisotopic (exact) mass is 415 g/mol. The van der Waals surface area contributed by atoms with Crippen LogP contribution in [0.4, 0.5) is 5.69 Å². The van der Waals surface area contributed by atoms with Crippen molar-refractivity contribution in [3.8, 4) is 16.3 Å². The largest absolute Gasteiger partial charge is 0.376 e. The zero-order chi connectivity index (χ0) is 20.8. The minimum atomic E-state index is -0.222. The third kappa shape index (κ3) is 4.82. The summed E-state index contributed by atoms with van der Waals surface area (Å²) in [5.74, 6) is -0.222. The van der Waals surface area contributed by atoms with Crippen LogP contribution in [0.2, 0.25) is 0 Å². The van der Waals surface area contributed by atoms with Crippen LogP contribution < -0.4 is 10.7 Å². The maximum absolute atomic E-state index is 12.1. The van der Waals surface area contributed by atoms with E-state index < -0.39 is 0 Å². The molecule has 30 heavy (non-hydrogen) atoms. The summed E-state index contributed by atoms with van der Waals surface area (Å²) in [4.78, 5) is 13.1. The zero-order valence-corrected chi connectivity index (χ0v) is 17.3. The second-order valence-corrected chi connectivity index (χ2v) is 7.65. The Bertz CT molecular complexity index is 1130. The van der Waals surface area contributed by atoms with Crippen molar-refractivity contribution < 1.29 is 4.79 Å². The number of aromatic nitrogens is 2.